The molecule has 0 fully saturated rings. The molecule has 1 aromatic heterocycles. The average Bonchev–Trinajstić information content (AvgIpc) is 2.60. The zero-order chi connectivity index (χ0) is 17.8. The standard InChI is InChI=1S/C19H15Cl2N3O/c1-12-4-2-3-5-17(12)23-15-8-13(10-22-11-15)19(25)24-18-7-6-14(20)9-16(18)21/h2-11,23H,1H3,(H,24,25). The molecule has 3 aromatic rings. The Morgan fingerprint density at radius 2 is 1.80 bits per heavy atom. The molecule has 0 radical (unpaired) electrons. The van der Waals surface area contributed by atoms with Crippen LogP contribution in [0.2, 0.25) is 10.0 Å². The second-order valence-electron chi connectivity index (χ2n) is 5.48. The Morgan fingerprint density at radius 1 is 1.00 bits per heavy atom. The highest BCUT2D eigenvalue weighted by Crippen LogP contribution is 2.26. The Hall–Kier alpha value is -2.56. The first kappa shape index (κ1) is 17.3. The van der Waals surface area contributed by atoms with Crippen LogP contribution in [0, 0.1) is 6.92 Å². The minimum atomic E-state index is -0.301. The molecular weight excluding hydrogens is 357 g/mol. The monoisotopic (exact) mass is 371 g/mol. The van der Waals surface area contributed by atoms with E-state index in [1.807, 2.05) is 31.2 Å². The van der Waals surface area contributed by atoms with Gasteiger partial charge < -0.3 is 10.6 Å². The number of amides is 1. The molecule has 6 heteroatoms. The number of anilines is 3. The number of benzene rings is 2. The third-order valence-electron chi connectivity index (χ3n) is 3.60. The van der Waals surface area contributed by atoms with Gasteiger partial charge in [-0.25, -0.2) is 0 Å². The van der Waals surface area contributed by atoms with Crippen molar-refractivity contribution in [2.24, 2.45) is 0 Å². The zero-order valence-electron chi connectivity index (χ0n) is 13.4. The van der Waals surface area contributed by atoms with E-state index in [0.717, 1.165) is 16.9 Å². The van der Waals surface area contributed by atoms with Crippen LogP contribution in [0.25, 0.3) is 0 Å². The van der Waals surface area contributed by atoms with E-state index in [2.05, 4.69) is 15.6 Å². The van der Waals surface area contributed by atoms with Crippen LogP contribution in [-0.2, 0) is 0 Å². The summed E-state index contributed by atoms with van der Waals surface area (Å²) in [5.41, 5.74) is 3.70. The number of hydrogen-bond donors (Lipinski definition) is 2. The summed E-state index contributed by atoms with van der Waals surface area (Å²) in [6.45, 7) is 2.01. The summed E-state index contributed by atoms with van der Waals surface area (Å²) >= 11 is 12.0. The van der Waals surface area contributed by atoms with Crippen molar-refractivity contribution in [3.8, 4) is 0 Å². The van der Waals surface area contributed by atoms with Crippen LogP contribution in [0.5, 0.6) is 0 Å². The number of aromatic nitrogens is 1. The largest absolute Gasteiger partial charge is 0.354 e. The van der Waals surface area contributed by atoms with E-state index < -0.39 is 0 Å². The fourth-order valence-corrected chi connectivity index (χ4v) is 2.74. The van der Waals surface area contributed by atoms with Crippen molar-refractivity contribution in [1.82, 2.24) is 4.98 Å². The summed E-state index contributed by atoms with van der Waals surface area (Å²) in [5, 5.41) is 6.91. The molecule has 0 saturated heterocycles. The van der Waals surface area contributed by atoms with Gasteiger partial charge in [0.15, 0.2) is 0 Å². The lowest BCUT2D eigenvalue weighted by Gasteiger charge is -2.11. The van der Waals surface area contributed by atoms with E-state index in [9.17, 15) is 4.79 Å². The SMILES string of the molecule is Cc1ccccc1Nc1cncc(C(=O)Nc2ccc(Cl)cc2Cl)c1. The Kier molecular flexibility index (Phi) is 5.22. The van der Waals surface area contributed by atoms with E-state index in [-0.39, 0.29) is 5.91 Å². The van der Waals surface area contributed by atoms with Crippen LogP contribution in [0.15, 0.2) is 60.9 Å². The molecular formula is C19H15Cl2N3O. The van der Waals surface area contributed by atoms with Gasteiger partial charge in [-0.15, -0.1) is 0 Å². The number of para-hydroxylation sites is 1. The maximum absolute atomic E-state index is 12.5. The van der Waals surface area contributed by atoms with Crippen LogP contribution in [0.3, 0.4) is 0 Å². The van der Waals surface area contributed by atoms with Crippen molar-refractivity contribution in [1.29, 1.82) is 0 Å². The normalized spacial score (nSPS) is 10.4. The van der Waals surface area contributed by atoms with Gasteiger partial charge >= 0.3 is 0 Å². The molecule has 0 aliphatic heterocycles. The Morgan fingerprint density at radius 3 is 2.56 bits per heavy atom. The van der Waals surface area contributed by atoms with Crippen LogP contribution in [0.4, 0.5) is 17.1 Å². The second-order valence-corrected chi connectivity index (χ2v) is 6.32. The van der Waals surface area contributed by atoms with Crippen molar-refractivity contribution >= 4 is 46.2 Å². The van der Waals surface area contributed by atoms with Gasteiger partial charge in [0.1, 0.15) is 0 Å². The van der Waals surface area contributed by atoms with Gasteiger partial charge in [-0.1, -0.05) is 41.4 Å². The topological polar surface area (TPSA) is 54.0 Å². The van der Waals surface area contributed by atoms with Crippen molar-refractivity contribution in [2.75, 3.05) is 10.6 Å². The van der Waals surface area contributed by atoms with Crippen molar-refractivity contribution < 1.29 is 4.79 Å². The molecule has 1 amide bonds. The Labute approximate surface area is 155 Å². The minimum Gasteiger partial charge on any atom is -0.354 e. The van der Waals surface area contributed by atoms with E-state index >= 15 is 0 Å². The molecule has 0 aliphatic rings. The fraction of sp³-hybridized carbons (Fsp3) is 0.0526. The first-order chi connectivity index (χ1) is 12.0. The molecule has 4 nitrogen and oxygen atoms in total. The van der Waals surface area contributed by atoms with E-state index in [1.54, 1.807) is 30.5 Å². The third kappa shape index (κ3) is 4.29. The van der Waals surface area contributed by atoms with Gasteiger partial charge in [0.25, 0.3) is 5.91 Å². The molecule has 2 aromatic carbocycles. The number of rotatable bonds is 4. The molecule has 2 N–H and O–H groups in total. The summed E-state index contributed by atoms with van der Waals surface area (Å²) in [4.78, 5) is 16.6. The second kappa shape index (κ2) is 7.55. The van der Waals surface area contributed by atoms with Gasteiger partial charge in [-0.05, 0) is 42.8 Å². The number of hydrogen-bond acceptors (Lipinski definition) is 3. The number of nitrogens with one attached hydrogen (secondary N) is 2. The van der Waals surface area contributed by atoms with E-state index in [0.29, 0.717) is 21.3 Å². The van der Waals surface area contributed by atoms with E-state index in [1.165, 1.54) is 6.20 Å². The quantitative estimate of drug-likeness (QED) is 0.618. The van der Waals surface area contributed by atoms with Crippen LogP contribution < -0.4 is 10.6 Å². The molecule has 0 aliphatic carbocycles. The number of pyridine rings is 1. The molecule has 0 unspecified atom stereocenters. The minimum absolute atomic E-state index is 0.301. The zero-order valence-corrected chi connectivity index (χ0v) is 14.9. The molecule has 25 heavy (non-hydrogen) atoms. The number of nitrogens with zero attached hydrogens (tertiary/aromatic N) is 1. The van der Waals surface area contributed by atoms with Gasteiger partial charge in [0, 0.05) is 16.9 Å². The van der Waals surface area contributed by atoms with Gasteiger partial charge in [-0.2, -0.15) is 0 Å². The summed E-state index contributed by atoms with van der Waals surface area (Å²) in [7, 11) is 0. The highest BCUT2D eigenvalue weighted by molar-refractivity contribution is 6.36. The predicted molar refractivity (Wildman–Crippen MR) is 103 cm³/mol. The van der Waals surface area contributed by atoms with Crippen LogP contribution >= 0.6 is 23.2 Å². The average molecular weight is 372 g/mol. The predicted octanol–water partition coefficient (Wildman–Crippen LogP) is 5.69. The van der Waals surface area contributed by atoms with Crippen LogP contribution in [0.1, 0.15) is 15.9 Å². The van der Waals surface area contributed by atoms with Crippen molar-refractivity contribution in [2.45, 2.75) is 6.92 Å². The fourth-order valence-electron chi connectivity index (χ4n) is 2.29. The molecule has 3 rings (SSSR count). The summed E-state index contributed by atoms with van der Waals surface area (Å²) in [6.07, 6.45) is 3.17. The number of halogens is 2. The maximum atomic E-state index is 12.5. The van der Waals surface area contributed by atoms with Crippen molar-refractivity contribution in [3.63, 3.8) is 0 Å². The van der Waals surface area contributed by atoms with Gasteiger partial charge in [0.05, 0.1) is 28.2 Å². The maximum Gasteiger partial charge on any atom is 0.257 e. The van der Waals surface area contributed by atoms with Crippen molar-refractivity contribution in [3.05, 3.63) is 82.1 Å². The third-order valence-corrected chi connectivity index (χ3v) is 4.15. The lowest BCUT2D eigenvalue weighted by Crippen LogP contribution is -2.12. The lowest BCUT2D eigenvalue weighted by molar-refractivity contribution is 0.102. The highest BCUT2D eigenvalue weighted by Gasteiger charge is 2.10. The Balaban J connectivity index is 1.79. The number of aryl methyl sites for hydroxylation is 1. The molecule has 0 atom stereocenters. The summed E-state index contributed by atoms with van der Waals surface area (Å²) < 4.78 is 0. The van der Waals surface area contributed by atoms with Crippen LogP contribution in [-0.4, -0.2) is 10.9 Å². The molecule has 126 valence electrons. The first-order valence-electron chi connectivity index (χ1n) is 7.57. The number of carbonyl (C=O) groups is 1. The molecule has 0 bridgehead atoms. The number of carbonyl (C=O) groups excluding carboxylic acids is 1. The van der Waals surface area contributed by atoms with Gasteiger partial charge in [-0.3, -0.25) is 9.78 Å². The smallest absolute Gasteiger partial charge is 0.257 e. The Bertz CT molecular complexity index is 928. The first-order valence-corrected chi connectivity index (χ1v) is 8.32. The summed E-state index contributed by atoms with van der Waals surface area (Å²) in [5.74, 6) is -0.301. The molecule has 0 spiro atoms. The molecule has 1 heterocycles. The van der Waals surface area contributed by atoms with E-state index in [4.69, 9.17) is 23.2 Å². The highest BCUT2D eigenvalue weighted by atomic mass is 35.5. The molecule has 0 saturated carbocycles. The summed E-state index contributed by atoms with van der Waals surface area (Å²) in [6, 6.07) is 14.5. The lowest BCUT2D eigenvalue weighted by atomic mass is 10.2. The van der Waals surface area contributed by atoms with Gasteiger partial charge in [0.2, 0.25) is 0 Å².